The molecule has 5 nitrogen and oxygen atoms in total. The van der Waals surface area contributed by atoms with Crippen LogP contribution >= 0.6 is 0 Å². The molecule has 0 saturated carbocycles. The first-order chi connectivity index (χ1) is 40.8. The van der Waals surface area contributed by atoms with Gasteiger partial charge in [0.1, 0.15) is 24.0 Å². The lowest BCUT2D eigenvalue weighted by Crippen LogP contribution is -2.34. The molecule has 1 aliphatic carbocycles. The Morgan fingerprint density at radius 3 is 1.78 bits per heavy atom. The number of hydrogen-bond donors (Lipinski definition) is 0. The topological polar surface area (TPSA) is 33.5 Å². The highest BCUT2D eigenvalue weighted by molar-refractivity contribution is 6.10. The molecule has 0 unspecified atom stereocenters. The van der Waals surface area contributed by atoms with E-state index in [2.05, 4.69) is 203 Å². The third-order valence-corrected chi connectivity index (χ3v) is 17.4. The van der Waals surface area contributed by atoms with Gasteiger partial charge >= 0.3 is 0 Å². The van der Waals surface area contributed by atoms with Crippen LogP contribution in [0, 0.1) is 13.7 Å². The van der Waals surface area contributed by atoms with Crippen molar-refractivity contribution >= 4 is 44.6 Å². The minimum atomic E-state index is -2.52. The number of nitrogens with zero attached hydrogens (tertiary/aromatic N) is 4. The summed E-state index contributed by atoms with van der Waals surface area (Å²) >= 11 is 0. The van der Waals surface area contributed by atoms with E-state index in [9.17, 15) is 0 Å². The molecule has 81 heavy (non-hydrogen) atoms. The van der Waals surface area contributed by atoms with Crippen molar-refractivity contribution in [3.63, 3.8) is 0 Å². The fourth-order valence-corrected chi connectivity index (χ4v) is 12.6. The molecule has 0 bridgehead atoms. The van der Waals surface area contributed by atoms with Crippen LogP contribution in [0.25, 0.3) is 61.0 Å². The van der Waals surface area contributed by atoms with Crippen LogP contribution in [0.1, 0.15) is 150 Å². The van der Waals surface area contributed by atoms with Gasteiger partial charge in [0.25, 0.3) is 0 Å². The Hall–Kier alpha value is -7.89. The summed E-state index contributed by atoms with van der Waals surface area (Å²) in [6, 6.07) is 58.7. The van der Waals surface area contributed by atoms with E-state index in [1.807, 2.05) is 53.1 Å². The molecule has 0 fully saturated rings. The number of aromatic nitrogens is 2. The maximum atomic E-state index is 9.04. The van der Waals surface area contributed by atoms with E-state index >= 15 is 0 Å². The van der Waals surface area contributed by atoms with Crippen LogP contribution in [-0.2, 0) is 27.1 Å². The average Bonchev–Trinajstić information content (AvgIpc) is 1.81. The summed E-state index contributed by atoms with van der Waals surface area (Å²) in [5.41, 5.74) is 17.6. The molecule has 0 N–H and O–H groups in total. The molecule has 2 aliphatic rings. The largest absolute Gasteiger partial charge is 0.457 e. The Labute approximate surface area is 490 Å². The summed E-state index contributed by atoms with van der Waals surface area (Å²) in [5.74, 6) is 1.52. The van der Waals surface area contributed by atoms with Crippen molar-refractivity contribution in [1.29, 1.82) is 0 Å². The van der Waals surface area contributed by atoms with Gasteiger partial charge in [0.15, 0.2) is 0 Å². The lowest BCUT2D eigenvalue weighted by atomic mass is 9.61. The predicted molar refractivity (Wildman–Crippen MR) is 344 cm³/mol. The summed E-state index contributed by atoms with van der Waals surface area (Å²) in [6.07, 6.45) is 3.69. The number of pyridine rings is 1. The van der Waals surface area contributed by atoms with E-state index in [0.29, 0.717) is 40.6 Å². The second-order valence-corrected chi connectivity index (χ2v) is 27.3. The maximum absolute atomic E-state index is 9.04. The van der Waals surface area contributed by atoms with Crippen molar-refractivity contribution in [2.75, 3.05) is 16.5 Å². The summed E-state index contributed by atoms with van der Waals surface area (Å²) in [4.78, 5) is 9.97. The lowest BCUT2D eigenvalue weighted by Gasteiger charge is -2.43. The summed E-state index contributed by atoms with van der Waals surface area (Å²) in [5, 5.41) is 1.64. The Morgan fingerprint density at radius 2 is 1.10 bits per heavy atom. The quantitative estimate of drug-likeness (QED) is 0.152. The molecule has 0 atom stereocenters. The molecule has 0 radical (unpaired) electrons. The minimum absolute atomic E-state index is 0.0893. The summed E-state index contributed by atoms with van der Waals surface area (Å²) < 4.78 is 61.3. The monoisotopic (exact) mass is 1070 g/mol. The van der Waals surface area contributed by atoms with Gasteiger partial charge in [0.05, 0.1) is 28.1 Å². The number of fused-ring (bicyclic) bond motifs is 5. The van der Waals surface area contributed by atoms with Crippen molar-refractivity contribution in [2.24, 2.45) is 0 Å². The van der Waals surface area contributed by atoms with Gasteiger partial charge in [-0.2, -0.15) is 0 Å². The molecule has 0 spiro atoms. The van der Waals surface area contributed by atoms with Gasteiger partial charge in [0, 0.05) is 59.7 Å². The number of benzene rings is 8. The van der Waals surface area contributed by atoms with Gasteiger partial charge in [-0.25, -0.2) is 4.98 Å². The molecular weight excluding hydrogens is 985 g/mol. The van der Waals surface area contributed by atoms with Gasteiger partial charge < -0.3 is 14.5 Å². The van der Waals surface area contributed by atoms with E-state index in [-0.39, 0.29) is 38.2 Å². The van der Waals surface area contributed by atoms with E-state index < -0.39 is 13.7 Å². The zero-order valence-corrected chi connectivity index (χ0v) is 49.6. The van der Waals surface area contributed by atoms with Crippen molar-refractivity contribution in [3.8, 4) is 50.7 Å². The van der Waals surface area contributed by atoms with E-state index in [0.717, 1.165) is 68.6 Å². The number of hydrogen-bond acceptors (Lipinski definition) is 4. The van der Waals surface area contributed by atoms with E-state index in [1.54, 1.807) is 24.4 Å². The van der Waals surface area contributed by atoms with E-state index in [1.165, 1.54) is 33.4 Å². The SMILES string of the molecule is [2H]C([2H])([2H])c1ccc2c3ccc(Oc4cccc(N5CN(c6c(-c7ccccc7)cc(C(C)(C)C)cc6-c6cc(C(C)(C)C)cc(C(C)(C)C)c6)c6ccccc65)c4)cc3n(-c3cc(C([2H])([2H])[2H])c(-c4cccc5c4C(C)(C)CCC5(C)C)cn3)c2c1. The first kappa shape index (κ1) is 46.8. The highest BCUT2D eigenvalue weighted by Gasteiger charge is 2.39. The highest BCUT2D eigenvalue weighted by Crippen LogP contribution is 2.53. The fraction of sp³-hybridized carbons (Fsp3) is 0.303. The van der Waals surface area contributed by atoms with Crippen LogP contribution in [0.5, 0.6) is 11.5 Å². The summed E-state index contributed by atoms with van der Waals surface area (Å²) in [6.45, 7) is 25.4. The Balaban J connectivity index is 0.973. The normalized spacial score (nSPS) is 16.5. The van der Waals surface area contributed by atoms with Gasteiger partial charge in [-0.15, -0.1) is 0 Å². The van der Waals surface area contributed by atoms with Crippen LogP contribution in [0.15, 0.2) is 176 Å². The molecule has 0 saturated heterocycles. The molecular formula is C76H80N4O. The molecule has 2 aromatic heterocycles. The minimum Gasteiger partial charge on any atom is -0.457 e. The summed E-state index contributed by atoms with van der Waals surface area (Å²) in [7, 11) is 0. The van der Waals surface area contributed by atoms with Gasteiger partial charge in [-0.3, -0.25) is 4.57 Å². The van der Waals surface area contributed by atoms with Crippen LogP contribution in [0.2, 0.25) is 0 Å². The number of rotatable bonds is 8. The number of aryl methyl sites for hydroxylation is 2. The van der Waals surface area contributed by atoms with Crippen molar-refractivity contribution in [1.82, 2.24) is 9.55 Å². The first-order valence-corrected chi connectivity index (χ1v) is 28.8. The van der Waals surface area contributed by atoms with Crippen molar-refractivity contribution in [2.45, 2.75) is 144 Å². The second-order valence-electron chi connectivity index (χ2n) is 27.3. The Kier molecular flexibility index (Phi) is 11.2. The molecule has 3 heterocycles. The number of para-hydroxylation sites is 2. The van der Waals surface area contributed by atoms with Crippen molar-refractivity contribution < 1.29 is 13.0 Å². The Bertz CT molecular complexity index is 4300. The zero-order chi connectivity index (χ0) is 62.1. The average molecular weight is 1070 g/mol. The second kappa shape index (κ2) is 19.4. The van der Waals surface area contributed by atoms with Crippen LogP contribution in [0.4, 0.5) is 22.7 Å². The first-order valence-electron chi connectivity index (χ1n) is 31.8. The maximum Gasteiger partial charge on any atom is 0.137 e. The van der Waals surface area contributed by atoms with Crippen LogP contribution < -0.4 is 14.5 Å². The molecule has 0 amide bonds. The van der Waals surface area contributed by atoms with E-state index in [4.69, 9.17) is 17.9 Å². The molecule has 410 valence electrons. The molecule has 8 aromatic carbocycles. The molecule has 10 aromatic rings. The highest BCUT2D eigenvalue weighted by atomic mass is 16.5. The molecule has 12 rings (SSSR count). The van der Waals surface area contributed by atoms with Crippen LogP contribution in [-0.4, -0.2) is 16.2 Å². The van der Waals surface area contributed by atoms with Gasteiger partial charge in [0.2, 0.25) is 0 Å². The van der Waals surface area contributed by atoms with Crippen molar-refractivity contribution in [3.05, 3.63) is 215 Å². The molecule has 5 heteroatoms. The number of ether oxygens (including phenoxy) is 1. The lowest BCUT2D eigenvalue weighted by molar-refractivity contribution is 0.333. The predicted octanol–water partition coefficient (Wildman–Crippen LogP) is 21.1. The number of anilines is 4. The fourth-order valence-electron chi connectivity index (χ4n) is 12.6. The standard InChI is InChI=1S/C76H80N4O/c1-48-31-33-58-59-34-32-57(45-68(59)80(67(58)37-48)69-38-49(2)63(46-77-69)60-27-22-28-64-70(60)76(14,15)36-35-75(64,12)13)81-56-26-21-25-55(44-56)78-47-79(66-30-20-19-29-65(66)78)71-61(50-23-17-16-18-24-50)42-54(74(9,10)11)43-62(71)51-39-52(72(3,4)5)41-53(40-51)73(6,7)8/h16-34,37-46H,35-36,47H2,1-15H3/i1D3,2D3. The van der Waals surface area contributed by atoms with Gasteiger partial charge in [-0.1, -0.05) is 187 Å². The molecule has 1 aliphatic heterocycles. The zero-order valence-electron chi connectivity index (χ0n) is 55.6. The third-order valence-electron chi connectivity index (χ3n) is 17.4. The smallest absolute Gasteiger partial charge is 0.137 e. The van der Waals surface area contributed by atoms with Gasteiger partial charge in [-0.05, 0) is 170 Å². The third kappa shape index (κ3) is 9.70. The van der Waals surface area contributed by atoms with Crippen LogP contribution in [0.3, 0.4) is 0 Å². The Morgan fingerprint density at radius 1 is 0.494 bits per heavy atom.